The number of hydrogen-bond donors (Lipinski definition) is 0. The van der Waals surface area contributed by atoms with Crippen molar-refractivity contribution in [2.45, 2.75) is 6.92 Å². The summed E-state index contributed by atoms with van der Waals surface area (Å²) in [5.41, 5.74) is 2.47. The number of thiazole rings is 1. The Bertz CT molecular complexity index is 673. The summed E-state index contributed by atoms with van der Waals surface area (Å²) in [7, 11) is 1.60. The fourth-order valence-corrected chi connectivity index (χ4v) is 2.26. The van der Waals surface area contributed by atoms with E-state index in [0.29, 0.717) is 5.88 Å². The number of aryl methyl sites for hydroxylation is 1. The standard InChI is InChI=1S/C11H10N4OS/c1-7-13-9(6-17-7)8-5-15-10(3-4-12-15)11(14-8)16-2/h3-6H,1-2H3. The summed E-state index contributed by atoms with van der Waals surface area (Å²) in [5.74, 6) is 0.561. The fourth-order valence-electron chi connectivity index (χ4n) is 1.65. The molecule has 6 heteroatoms. The van der Waals surface area contributed by atoms with Crippen LogP contribution in [-0.4, -0.2) is 26.7 Å². The first kappa shape index (κ1) is 10.2. The van der Waals surface area contributed by atoms with Gasteiger partial charge in [-0.05, 0) is 13.0 Å². The predicted molar refractivity (Wildman–Crippen MR) is 65.4 cm³/mol. The van der Waals surface area contributed by atoms with Crippen LogP contribution in [-0.2, 0) is 0 Å². The van der Waals surface area contributed by atoms with Gasteiger partial charge in [-0.1, -0.05) is 0 Å². The van der Waals surface area contributed by atoms with E-state index in [0.717, 1.165) is 21.9 Å². The second-order valence-corrected chi connectivity index (χ2v) is 4.61. The molecule has 3 rings (SSSR count). The van der Waals surface area contributed by atoms with E-state index in [-0.39, 0.29) is 0 Å². The highest BCUT2D eigenvalue weighted by Gasteiger charge is 2.10. The second-order valence-electron chi connectivity index (χ2n) is 3.55. The van der Waals surface area contributed by atoms with E-state index in [4.69, 9.17) is 4.74 Å². The minimum Gasteiger partial charge on any atom is -0.479 e. The van der Waals surface area contributed by atoms with Gasteiger partial charge in [0.1, 0.15) is 16.9 Å². The summed E-state index contributed by atoms with van der Waals surface area (Å²) in [6, 6.07) is 1.86. The Morgan fingerprint density at radius 3 is 2.88 bits per heavy atom. The zero-order valence-corrected chi connectivity index (χ0v) is 10.2. The van der Waals surface area contributed by atoms with Crippen LogP contribution < -0.4 is 4.74 Å². The molecule has 0 aliphatic carbocycles. The number of ether oxygens (including phenoxy) is 1. The van der Waals surface area contributed by atoms with E-state index >= 15 is 0 Å². The maximum Gasteiger partial charge on any atom is 0.240 e. The van der Waals surface area contributed by atoms with E-state index in [9.17, 15) is 0 Å². The molecule has 0 N–H and O–H groups in total. The van der Waals surface area contributed by atoms with Gasteiger partial charge < -0.3 is 4.74 Å². The molecule has 0 aliphatic heterocycles. The number of nitrogens with zero attached hydrogens (tertiary/aromatic N) is 4. The average molecular weight is 246 g/mol. The molecule has 86 valence electrons. The summed E-state index contributed by atoms with van der Waals surface area (Å²) in [6.45, 7) is 1.97. The zero-order valence-electron chi connectivity index (χ0n) is 9.41. The number of rotatable bonds is 2. The van der Waals surface area contributed by atoms with E-state index in [1.54, 1.807) is 29.2 Å². The van der Waals surface area contributed by atoms with Gasteiger partial charge in [-0.25, -0.2) is 14.5 Å². The smallest absolute Gasteiger partial charge is 0.240 e. The average Bonchev–Trinajstić information content (AvgIpc) is 2.95. The predicted octanol–water partition coefficient (Wildman–Crippen LogP) is 2.17. The van der Waals surface area contributed by atoms with Crippen LogP contribution in [0.3, 0.4) is 0 Å². The highest BCUT2D eigenvalue weighted by molar-refractivity contribution is 7.09. The molecular weight excluding hydrogens is 236 g/mol. The highest BCUT2D eigenvalue weighted by atomic mass is 32.1. The summed E-state index contributed by atoms with van der Waals surface area (Å²) >= 11 is 1.60. The molecule has 17 heavy (non-hydrogen) atoms. The van der Waals surface area contributed by atoms with Crippen LogP contribution in [0.25, 0.3) is 16.9 Å². The van der Waals surface area contributed by atoms with Crippen molar-refractivity contribution < 1.29 is 4.74 Å². The van der Waals surface area contributed by atoms with Crippen LogP contribution in [0.1, 0.15) is 5.01 Å². The summed E-state index contributed by atoms with van der Waals surface area (Å²) in [4.78, 5) is 8.84. The van der Waals surface area contributed by atoms with Gasteiger partial charge >= 0.3 is 0 Å². The Balaban J connectivity index is 2.23. The molecule has 0 bridgehead atoms. The van der Waals surface area contributed by atoms with Crippen molar-refractivity contribution in [3.63, 3.8) is 0 Å². The SMILES string of the molecule is COc1nc(-c2csc(C)n2)cn2nccc12. The second kappa shape index (κ2) is 3.81. The normalized spacial score (nSPS) is 10.9. The Kier molecular flexibility index (Phi) is 2.29. The summed E-state index contributed by atoms with van der Waals surface area (Å²) in [6.07, 6.45) is 3.57. The number of fused-ring (bicyclic) bond motifs is 1. The molecule has 0 aromatic carbocycles. The molecule has 3 aromatic heterocycles. The van der Waals surface area contributed by atoms with Crippen molar-refractivity contribution in [2.24, 2.45) is 0 Å². The molecule has 0 spiro atoms. The molecule has 0 atom stereocenters. The van der Waals surface area contributed by atoms with Crippen LogP contribution in [0.2, 0.25) is 0 Å². The Morgan fingerprint density at radius 2 is 2.18 bits per heavy atom. The monoisotopic (exact) mass is 246 g/mol. The molecule has 5 nitrogen and oxygen atoms in total. The van der Waals surface area contributed by atoms with Gasteiger partial charge in [0.05, 0.1) is 24.5 Å². The Hall–Kier alpha value is -1.95. The molecule has 0 fully saturated rings. The molecule has 0 saturated heterocycles. The lowest BCUT2D eigenvalue weighted by atomic mass is 10.3. The molecule has 0 amide bonds. The molecule has 0 radical (unpaired) electrons. The van der Waals surface area contributed by atoms with Gasteiger partial charge in [-0.2, -0.15) is 5.10 Å². The Labute approximate surface area is 102 Å². The molecule has 0 aliphatic rings. The first-order chi connectivity index (χ1) is 8.28. The van der Waals surface area contributed by atoms with E-state index in [1.165, 1.54) is 0 Å². The maximum absolute atomic E-state index is 5.26. The first-order valence-corrected chi connectivity index (χ1v) is 5.97. The first-order valence-electron chi connectivity index (χ1n) is 5.09. The lowest BCUT2D eigenvalue weighted by Crippen LogP contribution is -1.97. The maximum atomic E-state index is 5.26. The van der Waals surface area contributed by atoms with Crippen LogP contribution in [0.5, 0.6) is 5.88 Å². The van der Waals surface area contributed by atoms with Gasteiger partial charge in [0.15, 0.2) is 0 Å². The van der Waals surface area contributed by atoms with Gasteiger partial charge in [0, 0.05) is 5.38 Å². The summed E-state index contributed by atoms with van der Waals surface area (Å²) in [5, 5.41) is 7.19. The highest BCUT2D eigenvalue weighted by Crippen LogP contribution is 2.24. The van der Waals surface area contributed by atoms with E-state index in [1.807, 2.05) is 24.6 Å². The van der Waals surface area contributed by atoms with E-state index in [2.05, 4.69) is 15.1 Å². The minimum absolute atomic E-state index is 0.561. The van der Waals surface area contributed by atoms with E-state index < -0.39 is 0 Å². The van der Waals surface area contributed by atoms with Crippen LogP contribution in [0, 0.1) is 6.92 Å². The van der Waals surface area contributed by atoms with Gasteiger partial charge in [-0.15, -0.1) is 11.3 Å². The zero-order chi connectivity index (χ0) is 11.8. The third-order valence-electron chi connectivity index (χ3n) is 2.43. The lowest BCUT2D eigenvalue weighted by molar-refractivity contribution is 0.401. The van der Waals surface area contributed by atoms with Crippen LogP contribution in [0.15, 0.2) is 23.8 Å². The third kappa shape index (κ3) is 1.66. The third-order valence-corrected chi connectivity index (χ3v) is 3.20. The molecule has 0 unspecified atom stereocenters. The van der Waals surface area contributed by atoms with Crippen molar-refractivity contribution in [3.05, 3.63) is 28.8 Å². The molecular formula is C11H10N4OS. The summed E-state index contributed by atoms with van der Waals surface area (Å²) < 4.78 is 7.00. The van der Waals surface area contributed by atoms with Crippen molar-refractivity contribution >= 4 is 16.9 Å². The van der Waals surface area contributed by atoms with Crippen molar-refractivity contribution in [1.29, 1.82) is 0 Å². The fraction of sp³-hybridized carbons (Fsp3) is 0.182. The van der Waals surface area contributed by atoms with Gasteiger partial charge in [0.25, 0.3) is 0 Å². The minimum atomic E-state index is 0.561. The van der Waals surface area contributed by atoms with Crippen molar-refractivity contribution in [1.82, 2.24) is 19.6 Å². The Morgan fingerprint density at radius 1 is 1.29 bits per heavy atom. The molecule has 3 heterocycles. The molecule has 3 aromatic rings. The lowest BCUT2D eigenvalue weighted by Gasteiger charge is -2.04. The quantitative estimate of drug-likeness (QED) is 0.695. The van der Waals surface area contributed by atoms with Crippen molar-refractivity contribution in [3.8, 4) is 17.3 Å². The van der Waals surface area contributed by atoms with Crippen LogP contribution >= 0.6 is 11.3 Å². The number of hydrogen-bond acceptors (Lipinski definition) is 5. The largest absolute Gasteiger partial charge is 0.479 e. The number of methoxy groups -OCH3 is 1. The van der Waals surface area contributed by atoms with Gasteiger partial charge in [0.2, 0.25) is 5.88 Å². The van der Waals surface area contributed by atoms with Crippen molar-refractivity contribution in [2.75, 3.05) is 7.11 Å². The van der Waals surface area contributed by atoms with Crippen LogP contribution in [0.4, 0.5) is 0 Å². The topological polar surface area (TPSA) is 52.3 Å². The van der Waals surface area contributed by atoms with Gasteiger partial charge in [-0.3, -0.25) is 0 Å². The molecule has 0 saturated carbocycles. The number of aromatic nitrogens is 4.